The number of halogens is 1. The van der Waals surface area contributed by atoms with Crippen molar-refractivity contribution in [1.29, 1.82) is 0 Å². The smallest absolute Gasteiger partial charge is 0.265 e. The van der Waals surface area contributed by atoms with E-state index < -0.39 is 21.7 Å². The molecular formula is C10H8FNO3S. The molecule has 16 heavy (non-hydrogen) atoms. The van der Waals surface area contributed by atoms with Gasteiger partial charge in [0.1, 0.15) is 10.7 Å². The van der Waals surface area contributed by atoms with Gasteiger partial charge in [0.15, 0.2) is 0 Å². The predicted octanol–water partition coefficient (Wildman–Crippen LogP) is 1.02. The lowest BCUT2D eigenvalue weighted by Gasteiger charge is -2.02. The maximum absolute atomic E-state index is 12.7. The van der Waals surface area contributed by atoms with Gasteiger partial charge in [-0.15, -0.1) is 0 Å². The van der Waals surface area contributed by atoms with Crippen molar-refractivity contribution >= 4 is 20.8 Å². The largest absolute Gasteiger partial charge is 0.269 e. The average molecular weight is 241 g/mol. The van der Waals surface area contributed by atoms with Crippen LogP contribution in [0.2, 0.25) is 0 Å². The summed E-state index contributed by atoms with van der Waals surface area (Å²) in [5, 5.41) is 0. The number of sulfonamides is 1. The summed E-state index contributed by atoms with van der Waals surface area (Å²) < 4.78 is 37.7. The van der Waals surface area contributed by atoms with Gasteiger partial charge in [-0.25, -0.2) is 17.5 Å². The molecule has 1 heterocycles. The van der Waals surface area contributed by atoms with Crippen molar-refractivity contribution in [2.24, 2.45) is 0 Å². The fourth-order valence-corrected chi connectivity index (χ4v) is 2.97. The van der Waals surface area contributed by atoms with Crippen LogP contribution in [-0.2, 0) is 14.8 Å². The lowest BCUT2D eigenvalue weighted by atomic mass is 10.1. The van der Waals surface area contributed by atoms with Crippen LogP contribution in [0.1, 0.15) is 12.5 Å². The molecule has 1 aliphatic heterocycles. The number of carbonyl (C=O) groups excluding carboxylic acids is 1. The number of carbonyl (C=O) groups is 1. The van der Waals surface area contributed by atoms with Crippen molar-refractivity contribution in [2.75, 3.05) is 0 Å². The van der Waals surface area contributed by atoms with Crippen molar-refractivity contribution in [2.45, 2.75) is 6.92 Å². The van der Waals surface area contributed by atoms with Crippen molar-refractivity contribution in [3.05, 3.63) is 41.2 Å². The van der Waals surface area contributed by atoms with E-state index in [1.807, 2.05) is 4.72 Å². The van der Waals surface area contributed by atoms with Crippen LogP contribution in [0.4, 0.5) is 4.39 Å². The Morgan fingerprint density at radius 2 is 1.75 bits per heavy atom. The molecule has 4 nitrogen and oxygen atoms in total. The normalized spacial score (nSPS) is 18.8. The Kier molecular flexibility index (Phi) is 2.31. The highest BCUT2D eigenvalue weighted by Crippen LogP contribution is 2.28. The molecule has 0 saturated heterocycles. The Morgan fingerprint density at radius 3 is 2.19 bits per heavy atom. The fraction of sp³-hybridized carbons (Fsp3) is 0.100. The van der Waals surface area contributed by atoms with Crippen LogP contribution in [0.25, 0.3) is 4.91 Å². The third kappa shape index (κ3) is 1.61. The van der Waals surface area contributed by atoms with E-state index in [0.29, 0.717) is 5.56 Å². The highest BCUT2D eigenvalue weighted by atomic mass is 32.2. The molecule has 0 unspecified atom stereocenters. The minimum Gasteiger partial charge on any atom is -0.269 e. The number of hydrogen-bond donors (Lipinski definition) is 1. The summed E-state index contributed by atoms with van der Waals surface area (Å²) in [5.41, 5.74) is 0.420. The fourth-order valence-electron chi connectivity index (χ4n) is 1.53. The third-order valence-electron chi connectivity index (χ3n) is 2.28. The third-order valence-corrected chi connectivity index (χ3v) is 3.82. The molecule has 0 bridgehead atoms. The van der Waals surface area contributed by atoms with Crippen LogP contribution in [0, 0.1) is 5.82 Å². The van der Waals surface area contributed by atoms with E-state index in [1.54, 1.807) is 0 Å². The molecule has 0 fully saturated rings. The number of nitrogens with one attached hydrogen (secondary N) is 1. The number of amides is 1. The molecule has 1 N–H and O–H groups in total. The van der Waals surface area contributed by atoms with Gasteiger partial charge in [-0.05, 0) is 24.6 Å². The van der Waals surface area contributed by atoms with Gasteiger partial charge in [-0.1, -0.05) is 12.1 Å². The molecule has 0 spiro atoms. The van der Waals surface area contributed by atoms with Crippen LogP contribution in [-0.4, -0.2) is 14.3 Å². The van der Waals surface area contributed by atoms with Crippen LogP contribution in [0.3, 0.4) is 0 Å². The molecular weight excluding hydrogens is 233 g/mol. The zero-order valence-corrected chi connectivity index (χ0v) is 9.14. The molecule has 0 saturated carbocycles. The molecule has 0 aliphatic carbocycles. The Morgan fingerprint density at radius 1 is 1.19 bits per heavy atom. The van der Waals surface area contributed by atoms with E-state index >= 15 is 0 Å². The highest BCUT2D eigenvalue weighted by molar-refractivity contribution is 8.00. The van der Waals surface area contributed by atoms with Crippen molar-refractivity contribution in [3.8, 4) is 0 Å². The first-order valence-electron chi connectivity index (χ1n) is 4.46. The number of benzene rings is 1. The Hall–Kier alpha value is -1.69. The average Bonchev–Trinajstić information content (AvgIpc) is 2.39. The van der Waals surface area contributed by atoms with Crippen molar-refractivity contribution in [1.82, 2.24) is 4.72 Å². The number of rotatable bonds is 1. The minimum atomic E-state index is -3.79. The predicted molar refractivity (Wildman–Crippen MR) is 56.1 cm³/mol. The van der Waals surface area contributed by atoms with Gasteiger partial charge in [0.25, 0.3) is 15.9 Å². The maximum Gasteiger partial charge on any atom is 0.265 e. The quantitative estimate of drug-likeness (QED) is 0.798. The van der Waals surface area contributed by atoms with Crippen LogP contribution < -0.4 is 4.72 Å². The lowest BCUT2D eigenvalue weighted by Crippen LogP contribution is -2.22. The second-order valence-corrected chi connectivity index (χ2v) is 5.01. The monoisotopic (exact) mass is 241 g/mol. The van der Waals surface area contributed by atoms with Gasteiger partial charge < -0.3 is 0 Å². The second kappa shape index (κ2) is 3.41. The molecule has 1 aromatic rings. The molecule has 0 radical (unpaired) electrons. The maximum atomic E-state index is 12.7. The van der Waals surface area contributed by atoms with Crippen LogP contribution >= 0.6 is 0 Å². The van der Waals surface area contributed by atoms with Crippen molar-refractivity contribution in [3.63, 3.8) is 0 Å². The summed E-state index contributed by atoms with van der Waals surface area (Å²) in [6.45, 7) is 1.42. The molecule has 1 aromatic carbocycles. The summed E-state index contributed by atoms with van der Waals surface area (Å²) >= 11 is 0. The first-order valence-corrected chi connectivity index (χ1v) is 5.94. The molecule has 0 atom stereocenters. The van der Waals surface area contributed by atoms with E-state index in [1.165, 1.54) is 19.1 Å². The topological polar surface area (TPSA) is 63.2 Å². The van der Waals surface area contributed by atoms with E-state index in [-0.39, 0.29) is 10.5 Å². The Balaban J connectivity index is 2.64. The summed E-state index contributed by atoms with van der Waals surface area (Å²) in [6, 6.07) is 4.94. The van der Waals surface area contributed by atoms with Gasteiger partial charge in [-0.2, -0.15) is 0 Å². The number of hydrogen-bond acceptors (Lipinski definition) is 3. The first-order chi connectivity index (χ1) is 7.42. The Bertz CT molecular complexity index is 587. The molecule has 2 rings (SSSR count). The van der Waals surface area contributed by atoms with Gasteiger partial charge in [0.05, 0.1) is 0 Å². The highest BCUT2D eigenvalue weighted by Gasteiger charge is 2.33. The lowest BCUT2D eigenvalue weighted by molar-refractivity contribution is -0.115. The molecule has 6 heteroatoms. The summed E-state index contributed by atoms with van der Waals surface area (Å²) in [7, 11) is -3.79. The minimum absolute atomic E-state index is 0.0856. The molecule has 84 valence electrons. The summed E-state index contributed by atoms with van der Waals surface area (Å²) in [6.07, 6.45) is 0. The van der Waals surface area contributed by atoms with Crippen LogP contribution in [0.5, 0.6) is 0 Å². The zero-order valence-electron chi connectivity index (χ0n) is 8.32. The zero-order chi connectivity index (χ0) is 11.9. The summed E-state index contributed by atoms with van der Waals surface area (Å²) in [4.78, 5) is 11.1. The van der Waals surface area contributed by atoms with Gasteiger partial charge >= 0.3 is 0 Å². The van der Waals surface area contributed by atoms with E-state index in [0.717, 1.165) is 12.1 Å². The van der Waals surface area contributed by atoms with Gasteiger partial charge in [0.2, 0.25) is 0 Å². The van der Waals surface area contributed by atoms with E-state index in [2.05, 4.69) is 0 Å². The van der Waals surface area contributed by atoms with Gasteiger partial charge in [-0.3, -0.25) is 4.79 Å². The summed E-state index contributed by atoms with van der Waals surface area (Å²) in [5.74, 6) is -1.10. The van der Waals surface area contributed by atoms with Crippen molar-refractivity contribution < 1.29 is 17.6 Å². The first kappa shape index (κ1) is 10.8. The molecule has 1 aliphatic rings. The van der Waals surface area contributed by atoms with Crippen LogP contribution in [0.15, 0.2) is 29.8 Å². The molecule has 0 aromatic heterocycles. The van der Waals surface area contributed by atoms with E-state index in [4.69, 9.17) is 0 Å². The Labute approximate surface area is 91.8 Å². The van der Waals surface area contributed by atoms with Gasteiger partial charge in [0, 0.05) is 5.57 Å². The SMILES string of the molecule is CC1=C(c2ccc(F)cc2)S(=O)(=O)NC1=O. The van der Waals surface area contributed by atoms with E-state index in [9.17, 15) is 17.6 Å². The standard InChI is InChI=1S/C10H8FNO3S/c1-6-9(16(14,15)12-10(6)13)7-2-4-8(11)5-3-7/h2-5H,1H3,(H,12,13). The second-order valence-electron chi connectivity index (χ2n) is 3.40. The molecule has 1 amide bonds.